The molecule has 9 nitrogen and oxygen atoms in total. The van der Waals surface area contributed by atoms with Crippen LogP contribution in [0.1, 0.15) is 53.4 Å². The third-order valence-corrected chi connectivity index (χ3v) is 8.61. The highest BCUT2D eigenvalue weighted by atomic mass is 16.6. The molecule has 0 aromatic heterocycles. The molecule has 0 radical (unpaired) electrons. The van der Waals surface area contributed by atoms with Crippen LogP contribution in [0.25, 0.3) is 0 Å². The van der Waals surface area contributed by atoms with Gasteiger partial charge in [-0.2, -0.15) is 0 Å². The topological polar surface area (TPSA) is 114 Å². The van der Waals surface area contributed by atoms with Crippen LogP contribution in [-0.2, 0) is 23.9 Å². The summed E-state index contributed by atoms with van der Waals surface area (Å²) < 4.78 is 17.3. The maximum absolute atomic E-state index is 14.2. The molecule has 1 aromatic rings. The lowest BCUT2D eigenvalue weighted by molar-refractivity contribution is -0.162. The van der Waals surface area contributed by atoms with Gasteiger partial charge in [0.15, 0.2) is 0 Å². The fourth-order valence-electron chi connectivity index (χ4n) is 6.60. The van der Waals surface area contributed by atoms with Crippen molar-refractivity contribution in [2.24, 2.45) is 17.8 Å². The predicted octanol–water partition coefficient (Wildman–Crippen LogP) is 2.76. The van der Waals surface area contributed by atoms with Crippen molar-refractivity contribution in [3.8, 4) is 5.75 Å². The smallest absolute Gasteiger partial charge is 0.312 e. The van der Waals surface area contributed by atoms with Crippen molar-refractivity contribution in [1.29, 1.82) is 0 Å². The fraction of sp³-hybridized carbons (Fsp3) is 0.667. The van der Waals surface area contributed by atoms with Crippen LogP contribution >= 0.6 is 0 Å². The number of ether oxygens (including phenoxy) is 3. The summed E-state index contributed by atoms with van der Waals surface area (Å²) in [6, 6.07) is 5.36. The lowest BCUT2D eigenvalue weighted by atomic mass is 9.65. The van der Waals surface area contributed by atoms with E-state index in [-0.39, 0.29) is 25.0 Å². The minimum atomic E-state index is -1.16. The minimum absolute atomic E-state index is 0.0659. The number of amides is 2. The number of likely N-dealkylation sites (tertiary alicyclic amines) is 1. The summed E-state index contributed by atoms with van der Waals surface area (Å²) in [6.45, 7) is 7.51. The normalized spacial score (nSPS) is 32.2. The number of fused-ring (bicyclic) bond motifs is 1. The molecule has 2 bridgehead atoms. The number of anilines is 1. The molecule has 2 N–H and O–H groups in total. The zero-order valence-electron chi connectivity index (χ0n) is 21.8. The first-order valence-corrected chi connectivity index (χ1v) is 13.0. The predicted molar refractivity (Wildman–Crippen MR) is 132 cm³/mol. The van der Waals surface area contributed by atoms with Gasteiger partial charge in [-0.25, -0.2) is 0 Å². The quantitative estimate of drug-likeness (QED) is 0.473. The molecular weight excluding hydrogens is 464 g/mol. The second-order valence-corrected chi connectivity index (χ2v) is 10.2. The summed E-state index contributed by atoms with van der Waals surface area (Å²) in [7, 11) is 1.57. The number of benzene rings is 1. The van der Waals surface area contributed by atoms with Gasteiger partial charge in [0, 0.05) is 5.69 Å². The molecule has 0 saturated carbocycles. The largest absolute Gasteiger partial charge is 0.497 e. The van der Waals surface area contributed by atoms with Crippen LogP contribution in [0.4, 0.5) is 5.69 Å². The van der Waals surface area contributed by atoms with E-state index in [1.54, 1.807) is 38.3 Å². The molecule has 36 heavy (non-hydrogen) atoms. The highest BCUT2D eigenvalue weighted by molar-refractivity contribution is 6.03. The number of nitrogens with zero attached hydrogens (tertiary/aromatic N) is 1. The van der Waals surface area contributed by atoms with E-state index in [0.717, 1.165) is 0 Å². The van der Waals surface area contributed by atoms with Crippen LogP contribution in [0.5, 0.6) is 5.75 Å². The van der Waals surface area contributed by atoms with Crippen molar-refractivity contribution in [3.63, 3.8) is 0 Å². The Morgan fingerprint density at radius 1 is 1.22 bits per heavy atom. The molecule has 2 unspecified atom stereocenters. The van der Waals surface area contributed by atoms with Crippen molar-refractivity contribution in [3.05, 3.63) is 24.3 Å². The molecule has 1 aromatic carbocycles. The number of aliphatic hydroxyl groups is 1. The SMILES string of the molecule is CCOC(=O)[C@@H]1[C@H]2C(=O)N([C@@H](CO)[C@@H](C)CC)C(C(=O)Nc3ccc(OC)cc3)C23CC[C@@]1(CC)O3. The first kappa shape index (κ1) is 26.4. The van der Waals surface area contributed by atoms with Gasteiger partial charge in [0.05, 0.1) is 37.9 Å². The summed E-state index contributed by atoms with van der Waals surface area (Å²) in [6.07, 6.45) is 2.28. The highest BCUT2D eigenvalue weighted by Gasteiger charge is 2.79. The molecule has 3 saturated heterocycles. The molecular formula is C27H38N2O7. The molecule has 7 atom stereocenters. The minimum Gasteiger partial charge on any atom is -0.497 e. The Morgan fingerprint density at radius 2 is 1.92 bits per heavy atom. The molecule has 3 heterocycles. The second kappa shape index (κ2) is 10.0. The Labute approximate surface area is 212 Å². The van der Waals surface area contributed by atoms with E-state index in [9.17, 15) is 19.5 Å². The zero-order valence-corrected chi connectivity index (χ0v) is 21.8. The monoisotopic (exact) mass is 502 g/mol. The van der Waals surface area contributed by atoms with Gasteiger partial charge >= 0.3 is 5.97 Å². The first-order valence-electron chi connectivity index (χ1n) is 13.0. The number of esters is 1. The molecule has 0 aliphatic carbocycles. The molecule has 4 rings (SSSR count). The fourth-order valence-corrected chi connectivity index (χ4v) is 6.60. The van der Waals surface area contributed by atoms with E-state index >= 15 is 0 Å². The van der Waals surface area contributed by atoms with Gasteiger partial charge in [0.1, 0.15) is 23.3 Å². The van der Waals surface area contributed by atoms with Gasteiger partial charge < -0.3 is 29.5 Å². The standard InChI is InChI=1S/C27H38N2O7/c1-6-16(4)19(15-30)29-22(23(31)28-17-9-11-18(34-5)12-10-17)27-14-13-26(7-2,36-27)21(20(27)24(29)32)25(33)35-8-3/h9-12,16,19-22,30H,6-8,13-15H2,1-5H3,(H,28,31)/t16-,19-,20-,21-,22?,26+,27?/m0/s1. The van der Waals surface area contributed by atoms with Gasteiger partial charge in [-0.15, -0.1) is 0 Å². The van der Waals surface area contributed by atoms with Crippen molar-refractivity contribution >= 4 is 23.5 Å². The van der Waals surface area contributed by atoms with Gasteiger partial charge in [-0.3, -0.25) is 14.4 Å². The number of carbonyl (C=O) groups excluding carboxylic acids is 3. The van der Waals surface area contributed by atoms with Crippen LogP contribution in [0.15, 0.2) is 24.3 Å². The van der Waals surface area contributed by atoms with Crippen LogP contribution < -0.4 is 10.1 Å². The Morgan fingerprint density at radius 3 is 2.47 bits per heavy atom. The Balaban J connectivity index is 1.79. The van der Waals surface area contributed by atoms with Gasteiger partial charge in [0.25, 0.3) is 0 Å². The number of carbonyl (C=O) groups is 3. The van der Waals surface area contributed by atoms with E-state index in [2.05, 4.69) is 5.32 Å². The lowest BCUT2D eigenvalue weighted by Crippen LogP contribution is -2.57. The Kier molecular flexibility index (Phi) is 7.35. The van der Waals surface area contributed by atoms with Crippen LogP contribution in [0, 0.1) is 17.8 Å². The summed E-state index contributed by atoms with van der Waals surface area (Å²) in [5, 5.41) is 13.3. The van der Waals surface area contributed by atoms with Crippen molar-refractivity contribution in [2.75, 3.05) is 25.6 Å². The van der Waals surface area contributed by atoms with Crippen molar-refractivity contribution in [1.82, 2.24) is 4.90 Å². The highest BCUT2D eigenvalue weighted by Crippen LogP contribution is 2.65. The summed E-state index contributed by atoms with van der Waals surface area (Å²) in [5.74, 6) is -2.22. The van der Waals surface area contributed by atoms with Crippen molar-refractivity contribution in [2.45, 2.75) is 76.7 Å². The van der Waals surface area contributed by atoms with Gasteiger partial charge in [-0.05, 0) is 56.4 Å². The average molecular weight is 503 g/mol. The summed E-state index contributed by atoms with van der Waals surface area (Å²) in [4.78, 5) is 42.8. The summed E-state index contributed by atoms with van der Waals surface area (Å²) >= 11 is 0. The maximum Gasteiger partial charge on any atom is 0.312 e. The average Bonchev–Trinajstić information content (AvgIpc) is 3.49. The molecule has 3 aliphatic heterocycles. The molecule has 3 fully saturated rings. The molecule has 1 spiro atoms. The van der Waals surface area contributed by atoms with Gasteiger partial charge in [0.2, 0.25) is 11.8 Å². The molecule has 3 aliphatic rings. The zero-order chi connectivity index (χ0) is 26.3. The van der Waals surface area contributed by atoms with E-state index in [0.29, 0.717) is 37.1 Å². The van der Waals surface area contributed by atoms with E-state index in [1.165, 1.54) is 4.90 Å². The summed E-state index contributed by atoms with van der Waals surface area (Å²) in [5.41, 5.74) is -1.46. The first-order chi connectivity index (χ1) is 17.2. The Hall–Kier alpha value is -2.65. The third-order valence-electron chi connectivity index (χ3n) is 8.61. The van der Waals surface area contributed by atoms with Crippen LogP contribution in [0.2, 0.25) is 0 Å². The lowest BCUT2D eigenvalue weighted by Gasteiger charge is -2.39. The number of aliphatic hydroxyl groups excluding tert-OH is 1. The third kappa shape index (κ3) is 3.87. The number of methoxy groups -OCH3 is 1. The Bertz CT molecular complexity index is 998. The van der Waals surface area contributed by atoms with Crippen LogP contribution in [0.3, 0.4) is 0 Å². The second-order valence-electron chi connectivity index (χ2n) is 10.2. The van der Waals surface area contributed by atoms with Gasteiger partial charge in [-0.1, -0.05) is 27.2 Å². The number of hydrogen-bond acceptors (Lipinski definition) is 7. The number of hydrogen-bond donors (Lipinski definition) is 2. The molecule has 2 amide bonds. The van der Waals surface area contributed by atoms with E-state index < -0.39 is 47.0 Å². The van der Waals surface area contributed by atoms with E-state index in [4.69, 9.17) is 14.2 Å². The van der Waals surface area contributed by atoms with Crippen LogP contribution in [-0.4, -0.2) is 71.4 Å². The number of rotatable bonds is 10. The van der Waals surface area contributed by atoms with Crippen molar-refractivity contribution < 1.29 is 33.7 Å². The van der Waals surface area contributed by atoms with E-state index in [1.807, 2.05) is 20.8 Å². The molecule has 9 heteroatoms. The maximum atomic E-state index is 14.2. The number of nitrogens with one attached hydrogen (secondary N) is 1. The molecule has 198 valence electrons.